The lowest BCUT2D eigenvalue weighted by Gasteiger charge is -2.09. The molecule has 1 aromatic carbocycles. The Bertz CT molecular complexity index is 302. The minimum absolute atomic E-state index is 0.682. The summed E-state index contributed by atoms with van der Waals surface area (Å²) in [4.78, 5) is 0. The second kappa shape index (κ2) is 9.16. The fourth-order valence-corrected chi connectivity index (χ4v) is 1.75. The molecule has 0 spiro atoms. The summed E-state index contributed by atoms with van der Waals surface area (Å²) >= 11 is 0. The van der Waals surface area contributed by atoms with E-state index in [0.717, 1.165) is 32.5 Å². The van der Waals surface area contributed by atoms with Gasteiger partial charge < -0.3 is 14.8 Å². The molecular weight excluding hydrogens is 214 g/mol. The molecule has 0 saturated carbocycles. The molecule has 0 saturated heterocycles. The third-order valence-corrected chi connectivity index (χ3v) is 2.69. The summed E-state index contributed by atoms with van der Waals surface area (Å²) in [6.45, 7) is 3.47. The van der Waals surface area contributed by atoms with Gasteiger partial charge in [0.1, 0.15) is 0 Å². The molecule has 0 bridgehead atoms. The third-order valence-electron chi connectivity index (χ3n) is 2.69. The van der Waals surface area contributed by atoms with Gasteiger partial charge in [-0.05, 0) is 30.5 Å². The zero-order valence-corrected chi connectivity index (χ0v) is 10.9. The Morgan fingerprint density at radius 1 is 1.00 bits per heavy atom. The highest BCUT2D eigenvalue weighted by atomic mass is 16.5. The summed E-state index contributed by atoms with van der Waals surface area (Å²) < 4.78 is 10.2. The van der Waals surface area contributed by atoms with E-state index in [0.29, 0.717) is 6.61 Å². The molecule has 0 radical (unpaired) electrons. The second-order valence-electron chi connectivity index (χ2n) is 4.08. The molecule has 0 aliphatic rings. The number of rotatable bonds is 9. The van der Waals surface area contributed by atoms with Crippen LogP contribution in [0.1, 0.15) is 24.0 Å². The van der Waals surface area contributed by atoms with E-state index in [1.807, 2.05) is 0 Å². The van der Waals surface area contributed by atoms with Crippen LogP contribution in [0.2, 0.25) is 0 Å². The molecule has 3 nitrogen and oxygen atoms in total. The molecule has 1 rings (SSSR count). The molecule has 0 fully saturated rings. The summed E-state index contributed by atoms with van der Waals surface area (Å²) in [7, 11) is 3.48. The highest BCUT2D eigenvalue weighted by Gasteiger charge is 2.00. The van der Waals surface area contributed by atoms with Crippen molar-refractivity contribution >= 4 is 0 Å². The normalized spacial score (nSPS) is 10.7. The first-order valence-corrected chi connectivity index (χ1v) is 6.14. The van der Waals surface area contributed by atoms with Gasteiger partial charge in [-0.3, -0.25) is 0 Å². The molecule has 3 heteroatoms. The van der Waals surface area contributed by atoms with E-state index in [1.54, 1.807) is 14.2 Å². The maximum absolute atomic E-state index is 5.18. The third kappa shape index (κ3) is 5.82. The summed E-state index contributed by atoms with van der Waals surface area (Å²) in [5.41, 5.74) is 2.58. The Morgan fingerprint density at radius 3 is 2.47 bits per heavy atom. The number of hydrogen-bond donors (Lipinski definition) is 1. The van der Waals surface area contributed by atoms with Crippen LogP contribution in [-0.4, -0.2) is 27.4 Å². The first-order valence-electron chi connectivity index (χ1n) is 6.14. The minimum Gasteiger partial charge on any atom is -0.385 e. The lowest BCUT2D eigenvalue weighted by molar-refractivity contribution is 0.184. The Kier molecular flexibility index (Phi) is 7.63. The van der Waals surface area contributed by atoms with Gasteiger partial charge in [-0.15, -0.1) is 0 Å². The first-order chi connectivity index (χ1) is 8.38. The molecule has 0 amide bonds. The van der Waals surface area contributed by atoms with Crippen molar-refractivity contribution in [1.82, 2.24) is 5.32 Å². The maximum Gasteiger partial charge on any atom is 0.0716 e. The summed E-state index contributed by atoms with van der Waals surface area (Å²) in [6, 6.07) is 8.39. The van der Waals surface area contributed by atoms with Crippen LogP contribution in [0, 0.1) is 0 Å². The number of unbranched alkanes of at least 4 members (excludes halogenated alkanes) is 1. The SMILES string of the molecule is COCCCCNCc1ccccc1COC. The molecule has 0 aliphatic heterocycles. The number of hydrogen-bond acceptors (Lipinski definition) is 3. The van der Waals surface area contributed by atoms with E-state index in [-0.39, 0.29) is 0 Å². The predicted octanol–water partition coefficient (Wildman–Crippen LogP) is 2.35. The van der Waals surface area contributed by atoms with Gasteiger partial charge in [0.05, 0.1) is 6.61 Å². The van der Waals surface area contributed by atoms with Crippen LogP contribution in [0.5, 0.6) is 0 Å². The van der Waals surface area contributed by atoms with Gasteiger partial charge in [0.2, 0.25) is 0 Å². The highest BCUT2D eigenvalue weighted by molar-refractivity contribution is 5.26. The van der Waals surface area contributed by atoms with Gasteiger partial charge in [-0.1, -0.05) is 24.3 Å². The quantitative estimate of drug-likeness (QED) is 0.669. The number of methoxy groups -OCH3 is 2. The highest BCUT2D eigenvalue weighted by Crippen LogP contribution is 2.09. The van der Waals surface area contributed by atoms with E-state index in [2.05, 4.69) is 29.6 Å². The van der Waals surface area contributed by atoms with Gasteiger partial charge in [0, 0.05) is 27.4 Å². The van der Waals surface area contributed by atoms with Crippen molar-refractivity contribution in [3.8, 4) is 0 Å². The Hall–Kier alpha value is -0.900. The van der Waals surface area contributed by atoms with E-state index >= 15 is 0 Å². The van der Waals surface area contributed by atoms with E-state index in [4.69, 9.17) is 9.47 Å². The predicted molar refractivity (Wildman–Crippen MR) is 70.0 cm³/mol. The Balaban J connectivity index is 2.25. The molecule has 0 aliphatic carbocycles. The topological polar surface area (TPSA) is 30.5 Å². The molecule has 17 heavy (non-hydrogen) atoms. The Morgan fingerprint density at radius 2 is 1.76 bits per heavy atom. The monoisotopic (exact) mass is 237 g/mol. The van der Waals surface area contributed by atoms with Gasteiger partial charge >= 0.3 is 0 Å². The lowest BCUT2D eigenvalue weighted by atomic mass is 10.1. The molecular formula is C14H23NO2. The van der Waals surface area contributed by atoms with Crippen LogP contribution >= 0.6 is 0 Å². The van der Waals surface area contributed by atoms with Crippen LogP contribution < -0.4 is 5.32 Å². The van der Waals surface area contributed by atoms with Crippen molar-refractivity contribution in [3.63, 3.8) is 0 Å². The second-order valence-corrected chi connectivity index (χ2v) is 4.08. The van der Waals surface area contributed by atoms with Gasteiger partial charge in [-0.2, -0.15) is 0 Å². The van der Waals surface area contributed by atoms with Gasteiger partial charge in [0.25, 0.3) is 0 Å². The standard InChI is InChI=1S/C14H23NO2/c1-16-10-6-5-9-15-11-13-7-3-4-8-14(13)12-17-2/h3-4,7-8,15H,5-6,9-12H2,1-2H3. The molecule has 0 aromatic heterocycles. The fraction of sp³-hybridized carbons (Fsp3) is 0.571. The van der Waals surface area contributed by atoms with Crippen LogP contribution in [0.3, 0.4) is 0 Å². The van der Waals surface area contributed by atoms with E-state index < -0.39 is 0 Å². The van der Waals surface area contributed by atoms with Crippen molar-refractivity contribution in [2.75, 3.05) is 27.4 Å². The lowest BCUT2D eigenvalue weighted by Crippen LogP contribution is -2.16. The van der Waals surface area contributed by atoms with Crippen molar-refractivity contribution in [1.29, 1.82) is 0 Å². The first kappa shape index (κ1) is 14.2. The maximum atomic E-state index is 5.18. The molecule has 0 atom stereocenters. The van der Waals surface area contributed by atoms with E-state index in [9.17, 15) is 0 Å². The Labute approximate surface area is 104 Å². The number of benzene rings is 1. The number of ether oxygens (including phenoxy) is 2. The molecule has 1 N–H and O–H groups in total. The summed E-state index contributed by atoms with van der Waals surface area (Å²) in [5.74, 6) is 0. The van der Waals surface area contributed by atoms with Crippen molar-refractivity contribution in [2.45, 2.75) is 26.0 Å². The van der Waals surface area contributed by atoms with Crippen LogP contribution in [0.25, 0.3) is 0 Å². The van der Waals surface area contributed by atoms with E-state index in [1.165, 1.54) is 11.1 Å². The molecule has 0 heterocycles. The molecule has 0 unspecified atom stereocenters. The average Bonchev–Trinajstić information content (AvgIpc) is 2.36. The van der Waals surface area contributed by atoms with Crippen molar-refractivity contribution in [2.24, 2.45) is 0 Å². The fourth-order valence-electron chi connectivity index (χ4n) is 1.75. The largest absolute Gasteiger partial charge is 0.385 e. The zero-order valence-electron chi connectivity index (χ0n) is 10.9. The van der Waals surface area contributed by atoms with Crippen LogP contribution in [0.4, 0.5) is 0 Å². The average molecular weight is 237 g/mol. The van der Waals surface area contributed by atoms with Crippen molar-refractivity contribution in [3.05, 3.63) is 35.4 Å². The molecule has 96 valence electrons. The minimum atomic E-state index is 0.682. The molecule has 1 aromatic rings. The van der Waals surface area contributed by atoms with Crippen LogP contribution in [0.15, 0.2) is 24.3 Å². The van der Waals surface area contributed by atoms with Crippen LogP contribution in [-0.2, 0) is 22.6 Å². The summed E-state index contributed by atoms with van der Waals surface area (Å²) in [5, 5.41) is 3.45. The van der Waals surface area contributed by atoms with Gasteiger partial charge in [0.15, 0.2) is 0 Å². The smallest absolute Gasteiger partial charge is 0.0716 e. The van der Waals surface area contributed by atoms with Crippen molar-refractivity contribution < 1.29 is 9.47 Å². The van der Waals surface area contributed by atoms with Gasteiger partial charge in [-0.25, -0.2) is 0 Å². The zero-order chi connectivity index (χ0) is 12.3. The number of nitrogens with one attached hydrogen (secondary N) is 1. The summed E-state index contributed by atoms with van der Waals surface area (Å²) in [6.07, 6.45) is 2.27.